The van der Waals surface area contributed by atoms with Crippen molar-refractivity contribution in [3.05, 3.63) is 82.5 Å². The average Bonchev–Trinajstić information content (AvgIpc) is 2.78. The molecule has 1 aliphatic carbocycles. The zero-order chi connectivity index (χ0) is 16.1. The molecule has 1 aromatic carbocycles. The van der Waals surface area contributed by atoms with E-state index in [-0.39, 0.29) is 5.92 Å². The second-order valence-corrected chi connectivity index (χ2v) is 5.75. The third kappa shape index (κ3) is 3.77. The summed E-state index contributed by atoms with van der Waals surface area (Å²) in [7, 11) is 0. The Hall–Kier alpha value is -2.06. The van der Waals surface area contributed by atoms with Crippen molar-refractivity contribution < 1.29 is 9.90 Å². The Morgan fingerprint density at radius 3 is 2.64 bits per heavy atom. The van der Waals surface area contributed by atoms with Crippen molar-refractivity contribution in [3.63, 3.8) is 0 Å². The molecule has 1 N–H and O–H groups in total. The van der Waals surface area contributed by atoms with Gasteiger partial charge in [-0.3, -0.25) is 0 Å². The third-order valence-corrected chi connectivity index (χ3v) is 4.06. The van der Waals surface area contributed by atoms with Gasteiger partial charge >= 0.3 is 5.97 Å². The van der Waals surface area contributed by atoms with Crippen LogP contribution in [0.3, 0.4) is 0 Å². The van der Waals surface area contributed by atoms with Crippen LogP contribution in [0.2, 0.25) is 5.02 Å². The Kier molecular flexibility index (Phi) is 5.40. The van der Waals surface area contributed by atoms with Crippen LogP contribution in [0, 0.1) is 5.92 Å². The number of hydrogen-bond donors (Lipinski definition) is 1. The quantitative estimate of drug-likeness (QED) is 0.779. The maximum Gasteiger partial charge on any atom is 0.328 e. The van der Waals surface area contributed by atoms with E-state index < -0.39 is 5.97 Å². The maximum atomic E-state index is 11.2. The van der Waals surface area contributed by atoms with Crippen LogP contribution in [0.5, 0.6) is 0 Å². The van der Waals surface area contributed by atoms with Crippen molar-refractivity contribution in [1.82, 2.24) is 0 Å². The van der Waals surface area contributed by atoms with Crippen molar-refractivity contribution >= 4 is 17.6 Å². The van der Waals surface area contributed by atoms with Gasteiger partial charge in [0.25, 0.3) is 0 Å². The predicted molar refractivity (Wildman–Crippen MR) is 91.0 cm³/mol. The molecule has 0 radical (unpaired) electrons. The highest BCUT2D eigenvalue weighted by Gasteiger charge is 2.27. The van der Waals surface area contributed by atoms with Gasteiger partial charge in [0, 0.05) is 11.1 Å². The minimum atomic E-state index is -0.919. The summed E-state index contributed by atoms with van der Waals surface area (Å²) in [4.78, 5) is 11.2. The lowest BCUT2D eigenvalue weighted by molar-refractivity contribution is -0.131. The Morgan fingerprint density at radius 1 is 1.41 bits per heavy atom. The van der Waals surface area contributed by atoms with Crippen molar-refractivity contribution in [2.45, 2.75) is 19.8 Å². The summed E-state index contributed by atoms with van der Waals surface area (Å²) in [5.74, 6) is -0.770. The second kappa shape index (κ2) is 7.28. The Balaban J connectivity index is 2.33. The Morgan fingerprint density at radius 2 is 2.09 bits per heavy atom. The molecule has 2 rings (SSSR count). The van der Waals surface area contributed by atoms with Crippen LogP contribution in [-0.4, -0.2) is 11.1 Å². The van der Waals surface area contributed by atoms with Crippen molar-refractivity contribution in [2.75, 3.05) is 0 Å². The summed E-state index contributed by atoms with van der Waals surface area (Å²) in [6, 6.07) is 7.70. The number of aliphatic carboxylic acids is 1. The van der Waals surface area contributed by atoms with E-state index in [1.807, 2.05) is 43.3 Å². The molecule has 0 bridgehead atoms. The van der Waals surface area contributed by atoms with Crippen molar-refractivity contribution in [1.29, 1.82) is 0 Å². The fourth-order valence-electron chi connectivity index (χ4n) is 2.91. The van der Waals surface area contributed by atoms with Crippen LogP contribution < -0.4 is 0 Å². The van der Waals surface area contributed by atoms with Gasteiger partial charge in [0.05, 0.1) is 0 Å². The lowest BCUT2D eigenvalue weighted by Gasteiger charge is -2.13. The highest BCUT2D eigenvalue weighted by atomic mass is 35.5. The summed E-state index contributed by atoms with van der Waals surface area (Å²) in [5, 5.41) is 9.86. The summed E-state index contributed by atoms with van der Waals surface area (Å²) < 4.78 is 0. The van der Waals surface area contributed by atoms with E-state index in [0.29, 0.717) is 5.02 Å². The van der Waals surface area contributed by atoms with Gasteiger partial charge in [-0.05, 0) is 60.1 Å². The van der Waals surface area contributed by atoms with E-state index in [4.69, 9.17) is 16.7 Å². The monoisotopic (exact) mass is 314 g/mol. The number of carboxylic acids is 1. The predicted octanol–water partition coefficient (Wildman–Crippen LogP) is 4.97. The lowest BCUT2D eigenvalue weighted by atomic mass is 9.91. The van der Waals surface area contributed by atoms with Crippen LogP contribution in [0.1, 0.15) is 18.9 Å². The molecule has 1 unspecified atom stereocenters. The van der Waals surface area contributed by atoms with E-state index in [0.717, 1.165) is 35.1 Å². The highest BCUT2D eigenvalue weighted by molar-refractivity contribution is 6.30. The van der Waals surface area contributed by atoms with E-state index in [9.17, 15) is 4.79 Å². The van der Waals surface area contributed by atoms with Crippen LogP contribution in [-0.2, 0) is 11.2 Å². The number of benzene rings is 1. The molecule has 0 fully saturated rings. The maximum absolute atomic E-state index is 11.2. The molecular weight excluding hydrogens is 296 g/mol. The second-order valence-electron chi connectivity index (χ2n) is 5.31. The molecule has 0 aliphatic heterocycles. The van der Waals surface area contributed by atoms with Crippen LogP contribution in [0.4, 0.5) is 0 Å². The molecule has 0 heterocycles. The van der Waals surface area contributed by atoms with E-state index in [1.54, 1.807) is 6.08 Å². The molecule has 0 saturated heterocycles. The van der Waals surface area contributed by atoms with Gasteiger partial charge in [-0.1, -0.05) is 48.5 Å². The zero-order valence-corrected chi connectivity index (χ0v) is 13.3. The number of carbonyl (C=O) groups is 1. The SMILES string of the molecule is C=CC1=C(/C=C\C)CC(Cc2ccc(Cl)cc2)/C1=C/C(=O)O. The fourth-order valence-corrected chi connectivity index (χ4v) is 3.04. The third-order valence-electron chi connectivity index (χ3n) is 3.81. The first-order valence-electron chi connectivity index (χ1n) is 7.22. The van der Waals surface area contributed by atoms with E-state index >= 15 is 0 Å². The number of rotatable bonds is 5. The fraction of sp³-hybridized carbons (Fsp3) is 0.211. The smallest absolute Gasteiger partial charge is 0.328 e. The molecule has 0 spiro atoms. The zero-order valence-electron chi connectivity index (χ0n) is 12.6. The van der Waals surface area contributed by atoms with Crippen LogP contribution in [0.25, 0.3) is 0 Å². The molecule has 0 saturated carbocycles. The average molecular weight is 315 g/mol. The molecule has 1 aliphatic rings. The summed E-state index contributed by atoms with van der Waals surface area (Å²) in [6.07, 6.45) is 8.69. The number of allylic oxidation sites excluding steroid dienone is 6. The van der Waals surface area contributed by atoms with Crippen molar-refractivity contribution in [2.24, 2.45) is 5.92 Å². The first kappa shape index (κ1) is 16.3. The van der Waals surface area contributed by atoms with E-state index in [2.05, 4.69) is 6.58 Å². The summed E-state index contributed by atoms with van der Waals surface area (Å²) in [6.45, 7) is 5.80. The van der Waals surface area contributed by atoms with Gasteiger partial charge < -0.3 is 5.11 Å². The molecule has 3 heteroatoms. The minimum absolute atomic E-state index is 0.150. The largest absolute Gasteiger partial charge is 0.478 e. The van der Waals surface area contributed by atoms with Crippen LogP contribution >= 0.6 is 11.6 Å². The number of carboxylic acid groups (broad SMARTS) is 1. The van der Waals surface area contributed by atoms with Gasteiger partial charge in [0.2, 0.25) is 0 Å². The number of hydrogen-bond acceptors (Lipinski definition) is 1. The molecule has 2 nitrogen and oxygen atoms in total. The molecule has 0 aromatic heterocycles. The Bertz CT molecular complexity index is 663. The molecule has 22 heavy (non-hydrogen) atoms. The molecule has 1 aromatic rings. The summed E-state index contributed by atoms with van der Waals surface area (Å²) >= 11 is 5.92. The first-order valence-corrected chi connectivity index (χ1v) is 7.60. The van der Waals surface area contributed by atoms with Gasteiger partial charge in [0.1, 0.15) is 0 Å². The highest BCUT2D eigenvalue weighted by Crippen LogP contribution is 2.40. The van der Waals surface area contributed by atoms with Gasteiger partial charge in [0.15, 0.2) is 0 Å². The minimum Gasteiger partial charge on any atom is -0.478 e. The lowest BCUT2D eigenvalue weighted by Crippen LogP contribution is -2.06. The van der Waals surface area contributed by atoms with Crippen molar-refractivity contribution in [3.8, 4) is 0 Å². The molecule has 1 atom stereocenters. The summed E-state index contributed by atoms with van der Waals surface area (Å²) in [5.41, 5.74) is 4.09. The van der Waals surface area contributed by atoms with Crippen LogP contribution in [0.15, 0.2) is 71.9 Å². The number of halogens is 1. The normalized spacial score (nSPS) is 20.1. The van der Waals surface area contributed by atoms with Gasteiger partial charge in [-0.15, -0.1) is 0 Å². The standard InChI is InChI=1S/C19H19ClO2/c1-3-5-14-11-15(10-13-6-8-16(20)9-7-13)18(12-19(21)22)17(14)4-2/h3-9,12,15H,2,10-11H2,1H3,(H,21,22)/b5-3-,18-12-. The molecular formula is C19H19ClO2. The molecule has 0 amide bonds. The molecule has 114 valence electrons. The van der Waals surface area contributed by atoms with E-state index in [1.165, 1.54) is 6.08 Å². The first-order chi connectivity index (χ1) is 10.5. The van der Waals surface area contributed by atoms with Gasteiger partial charge in [-0.25, -0.2) is 4.79 Å². The van der Waals surface area contributed by atoms with Gasteiger partial charge in [-0.2, -0.15) is 0 Å². The topological polar surface area (TPSA) is 37.3 Å². The Labute approximate surface area is 136 Å².